The van der Waals surface area contributed by atoms with Gasteiger partial charge in [-0.1, -0.05) is 29.6 Å². The molecule has 2 fully saturated rings. The van der Waals surface area contributed by atoms with Crippen LogP contribution in [0.2, 0.25) is 5.02 Å². The smallest absolute Gasteiger partial charge is 0.310 e. The van der Waals surface area contributed by atoms with Crippen molar-refractivity contribution < 1.29 is 28.8 Å². The molecule has 0 bridgehead atoms. The summed E-state index contributed by atoms with van der Waals surface area (Å²) < 4.78 is 11.2. The average Bonchev–Trinajstić information content (AvgIpc) is 3.50. The van der Waals surface area contributed by atoms with Crippen molar-refractivity contribution in [2.24, 2.45) is 11.3 Å². The highest BCUT2D eigenvalue weighted by molar-refractivity contribution is 6.31. The van der Waals surface area contributed by atoms with Gasteiger partial charge >= 0.3 is 5.97 Å². The second kappa shape index (κ2) is 10.6. The number of hydrogen-bond donors (Lipinski definition) is 1. The topological polar surface area (TPSA) is 126 Å². The molecule has 0 radical (unpaired) electrons. The number of halogens is 1. The van der Waals surface area contributed by atoms with E-state index in [1.165, 1.54) is 0 Å². The van der Waals surface area contributed by atoms with Crippen molar-refractivity contribution in [1.82, 2.24) is 19.9 Å². The first-order chi connectivity index (χ1) is 18.2. The zero-order chi connectivity index (χ0) is 27.0. The van der Waals surface area contributed by atoms with Crippen molar-refractivity contribution in [2.75, 3.05) is 19.6 Å². The molecule has 0 spiro atoms. The number of carboxylic acid groups (broad SMARTS) is 1. The molecule has 1 saturated carbocycles. The van der Waals surface area contributed by atoms with Crippen LogP contribution in [0.25, 0.3) is 0 Å². The number of likely N-dealkylation sites (tertiary alicyclic amines) is 1. The third-order valence-corrected chi connectivity index (χ3v) is 8.70. The molecule has 3 heterocycles. The van der Waals surface area contributed by atoms with Gasteiger partial charge in [0.2, 0.25) is 23.5 Å². The maximum Gasteiger partial charge on any atom is 0.310 e. The first kappa shape index (κ1) is 26.5. The molecule has 2 aliphatic heterocycles. The van der Waals surface area contributed by atoms with Crippen LogP contribution in [0.3, 0.4) is 0 Å². The maximum atomic E-state index is 14.2. The standard InChI is InChI=1S/C27H33ClN4O6/c1-16-29-22(30-38-16)15-37-21-9-8-19(28)17-10-13-32(20(24(17)21)14-31-12-5-7-23(31)33)25(34)18-6-3-4-11-27(18,2)26(35)36/h8-9,18,20H,3-7,10-15H2,1-2H3,(H,35,36)/t18?,20-,27-/m1/s1. The van der Waals surface area contributed by atoms with E-state index in [4.69, 9.17) is 20.9 Å². The van der Waals surface area contributed by atoms with Crippen LogP contribution >= 0.6 is 11.6 Å². The summed E-state index contributed by atoms with van der Waals surface area (Å²) in [6.07, 6.45) is 4.32. The molecule has 11 heteroatoms. The summed E-state index contributed by atoms with van der Waals surface area (Å²) in [7, 11) is 0. The van der Waals surface area contributed by atoms with Gasteiger partial charge in [0.15, 0.2) is 6.61 Å². The van der Waals surface area contributed by atoms with Gasteiger partial charge in [-0.15, -0.1) is 0 Å². The van der Waals surface area contributed by atoms with E-state index >= 15 is 0 Å². The van der Waals surface area contributed by atoms with E-state index in [0.717, 1.165) is 30.4 Å². The molecular weight excluding hydrogens is 512 g/mol. The van der Waals surface area contributed by atoms with Crippen LogP contribution in [0.1, 0.15) is 74.3 Å². The Kier molecular flexibility index (Phi) is 7.35. The number of benzene rings is 1. The molecule has 2 aromatic rings. The Morgan fingerprint density at radius 2 is 2.05 bits per heavy atom. The lowest BCUT2D eigenvalue weighted by Gasteiger charge is -2.45. The Labute approximate surface area is 226 Å². The summed E-state index contributed by atoms with van der Waals surface area (Å²) >= 11 is 6.65. The number of carbonyl (C=O) groups excluding carboxylic acids is 2. The second-order valence-electron chi connectivity index (χ2n) is 10.7. The fraction of sp³-hybridized carbons (Fsp3) is 0.593. The normalized spacial score (nSPS) is 25.4. The Morgan fingerprint density at radius 3 is 2.74 bits per heavy atom. The molecule has 10 nitrogen and oxygen atoms in total. The predicted octanol–water partition coefficient (Wildman–Crippen LogP) is 3.94. The number of aliphatic carboxylic acids is 1. The number of carboxylic acids is 1. The first-order valence-corrected chi connectivity index (χ1v) is 13.6. The van der Waals surface area contributed by atoms with E-state index in [0.29, 0.717) is 67.8 Å². The van der Waals surface area contributed by atoms with Gasteiger partial charge in [0, 0.05) is 43.6 Å². The Morgan fingerprint density at radius 1 is 1.24 bits per heavy atom. The van der Waals surface area contributed by atoms with Crippen LogP contribution in [0.15, 0.2) is 16.7 Å². The van der Waals surface area contributed by atoms with E-state index in [1.54, 1.807) is 35.8 Å². The number of aromatic nitrogens is 2. The molecule has 1 aromatic heterocycles. The summed E-state index contributed by atoms with van der Waals surface area (Å²) in [5, 5.41) is 14.6. The molecule has 1 unspecified atom stereocenters. The second-order valence-corrected chi connectivity index (χ2v) is 11.1. The molecule has 1 saturated heterocycles. The van der Waals surface area contributed by atoms with E-state index in [-0.39, 0.29) is 18.4 Å². The van der Waals surface area contributed by atoms with Crippen molar-refractivity contribution >= 4 is 29.4 Å². The van der Waals surface area contributed by atoms with Gasteiger partial charge in [-0.25, -0.2) is 0 Å². The van der Waals surface area contributed by atoms with Crippen LogP contribution < -0.4 is 4.74 Å². The number of nitrogens with zero attached hydrogens (tertiary/aromatic N) is 4. The molecule has 2 amide bonds. The van der Waals surface area contributed by atoms with Crippen LogP contribution in [-0.2, 0) is 27.4 Å². The van der Waals surface area contributed by atoms with Crippen molar-refractivity contribution in [1.29, 1.82) is 0 Å². The van der Waals surface area contributed by atoms with Crippen LogP contribution in [0.4, 0.5) is 0 Å². The third-order valence-electron chi connectivity index (χ3n) is 8.34. The van der Waals surface area contributed by atoms with Crippen molar-refractivity contribution in [3.8, 4) is 5.75 Å². The number of hydrogen-bond acceptors (Lipinski definition) is 7. The molecule has 5 rings (SSSR count). The van der Waals surface area contributed by atoms with Crippen molar-refractivity contribution in [3.05, 3.63) is 40.0 Å². The fourth-order valence-corrected chi connectivity index (χ4v) is 6.45. The summed E-state index contributed by atoms with van der Waals surface area (Å²) in [5.74, 6) is -0.371. The molecule has 3 atom stereocenters. The maximum absolute atomic E-state index is 14.2. The van der Waals surface area contributed by atoms with Gasteiger partial charge in [0.05, 0.1) is 17.4 Å². The molecule has 38 heavy (non-hydrogen) atoms. The van der Waals surface area contributed by atoms with E-state index in [2.05, 4.69) is 10.1 Å². The Hall–Kier alpha value is -3.14. The zero-order valence-corrected chi connectivity index (χ0v) is 22.5. The summed E-state index contributed by atoms with van der Waals surface area (Å²) in [5.41, 5.74) is 0.497. The highest BCUT2D eigenvalue weighted by atomic mass is 35.5. The number of aryl methyl sites for hydroxylation is 1. The Balaban J connectivity index is 1.53. The highest BCUT2D eigenvalue weighted by Crippen LogP contribution is 2.46. The lowest BCUT2D eigenvalue weighted by atomic mass is 9.66. The molecule has 1 N–H and O–H groups in total. The van der Waals surface area contributed by atoms with Gasteiger partial charge in [-0.2, -0.15) is 4.98 Å². The van der Waals surface area contributed by atoms with E-state index in [1.807, 2.05) is 0 Å². The number of carbonyl (C=O) groups is 3. The quantitative estimate of drug-likeness (QED) is 0.555. The van der Waals surface area contributed by atoms with E-state index < -0.39 is 23.3 Å². The Bertz CT molecular complexity index is 1250. The van der Waals surface area contributed by atoms with Crippen LogP contribution in [0, 0.1) is 18.3 Å². The molecule has 204 valence electrons. The van der Waals surface area contributed by atoms with Crippen LogP contribution in [-0.4, -0.2) is 62.5 Å². The third kappa shape index (κ3) is 4.86. The molecule has 3 aliphatic rings. The van der Waals surface area contributed by atoms with Gasteiger partial charge in [-0.3, -0.25) is 14.4 Å². The van der Waals surface area contributed by atoms with Gasteiger partial charge in [0.1, 0.15) is 5.75 Å². The zero-order valence-electron chi connectivity index (χ0n) is 21.7. The molecule has 1 aliphatic carbocycles. The molecule has 1 aromatic carbocycles. The first-order valence-electron chi connectivity index (χ1n) is 13.2. The largest absolute Gasteiger partial charge is 0.485 e. The number of fused-ring (bicyclic) bond motifs is 1. The summed E-state index contributed by atoms with van der Waals surface area (Å²) in [4.78, 5) is 46.9. The highest BCUT2D eigenvalue weighted by Gasteiger charge is 2.50. The summed E-state index contributed by atoms with van der Waals surface area (Å²) in [6, 6.07) is 3.02. The lowest BCUT2D eigenvalue weighted by molar-refractivity contribution is -0.162. The molecular formula is C27H33ClN4O6. The minimum atomic E-state index is -1.13. The number of amides is 2. The van der Waals surface area contributed by atoms with Crippen LogP contribution in [0.5, 0.6) is 5.75 Å². The van der Waals surface area contributed by atoms with Gasteiger partial charge in [-0.05, 0) is 50.3 Å². The number of rotatable bonds is 7. The lowest BCUT2D eigenvalue weighted by Crippen LogP contribution is -2.52. The van der Waals surface area contributed by atoms with Crippen molar-refractivity contribution in [3.63, 3.8) is 0 Å². The SMILES string of the molecule is Cc1nc(COc2ccc(Cl)c3c2[C@@H](CN2CCCC2=O)N(C(=O)C2CCCC[C@@]2(C)C(=O)O)CC3)no1. The monoisotopic (exact) mass is 544 g/mol. The van der Waals surface area contributed by atoms with Gasteiger partial charge in [0.25, 0.3) is 0 Å². The van der Waals surface area contributed by atoms with Crippen molar-refractivity contribution in [2.45, 2.75) is 71.4 Å². The average molecular weight is 545 g/mol. The predicted molar refractivity (Wildman–Crippen MR) is 136 cm³/mol. The fourth-order valence-electron chi connectivity index (χ4n) is 6.19. The van der Waals surface area contributed by atoms with Gasteiger partial charge < -0.3 is 24.2 Å². The van der Waals surface area contributed by atoms with E-state index in [9.17, 15) is 19.5 Å². The number of ether oxygens (including phenoxy) is 1. The minimum Gasteiger partial charge on any atom is -0.485 e. The summed E-state index contributed by atoms with van der Waals surface area (Å²) in [6.45, 7) is 4.75. The minimum absolute atomic E-state index is 0.0457.